The maximum Gasteiger partial charge on any atom is 0.104 e. The number of rotatable bonds is 2. The lowest BCUT2D eigenvalue weighted by atomic mass is 10.0. The number of fused-ring (bicyclic) bond motifs is 1. The first-order valence-electron chi connectivity index (χ1n) is 6.54. The van der Waals surface area contributed by atoms with E-state index in [2.05, 4.69) is 5.10 Å². The molecule has 0 radical (unpaired) electrons. The van der Waals surface area contributed by atoms with Crippen LogP contribution in [0.2, 0.25) is 5.02 Å². The van der Waals surface area contributed by atoms with E-state index in [-0.39, 0.29) is 0 Å². The van der Waals surface area contributed by atoms with Gasteiger partial charge in [0.15, 0.2) is 0 Å². The molecule has 0 amide bonds. The van der Waals surface area contributed by atoms with Crippen molar-refractivity contribution in [3.05, 3.63) is 58.4 Å². The quantitative estimate of drug-likeness (QED) is 0.729. The fourth-order valence-corrected chi connectivity index (χ4v) is 2.84. The summed E-state index contributed by atoms with van der Waals surface area (Å²) in [4.78, 5) is 0.393. The molecule has 2 aromatic carbocycles. The highest BCUT2D eigenvalue weighted by Crippen LogP contribution is 2.29. The van der Waals surface area contributed by atoms with Crippen LogP contribution in [0.15, 0.2) is 36.4 Å². The third-order valence-corrected chi connectivity index (χ3v) is 4.36. The molecule has 0 fully saturated rings. The lowest BCUT2D eigenvalue weighted by Crippen LogP contribution is -2.11. The Balaban J connectivity index is 2.37. The first-order valence-corrected chi connectivity index (χ1v) is 7.33. The molecule has 106 valence electrons. The van der Waals surface area contributed by atoms with Crippen LogP contribution in [0.4, 0.5) is 0 Å². The summed E-state index contributed by atoms with van der Waals surface area (Å²) in [5.74, 6) is 0. The zero-order chi connectivity index (χ0) is 15.1. The van der Waals surface area contributed by atoms with Crippen molar-refractivity contribution in [2.75, 3.05) is 0 Å². The van der Waals surface area contributed by atoms with E-state index in [1.165, 1.54) is 0 Å². The highest BCUT2D eigenvalue weighted by atomic mass is 35.5. The molecule has 0 saturated heterocycles. The number of hydrogen-bond donors (Lipinski definition) is 1. The SMILES string of the molecule is Cc1nn(-c2ccc(C(N)=S)c3ccccc23)c(C)c1Cl. The van der Waals surface area contributed by atoms with Crippen LogP contribution in [0, 0.1) is 13.8 Å². The van der Waals surface area contributed by atoms with Crippen LogP contribution in [0.25, 0.3) is 16.5 Å². The Hall–Kier alpha value is -1.91. The maximum absolute atomic E-state index is 6.26. The van der Waals surface area contributed by atoms with Gasteiger partial charge >= 0.3 is 0 Å². The van der Waals surface area contributed by atoms with Crippen LogP contribution in [0.1, 0.15) is 17.0 Å². The van der Waals surface area contributed by atoms with E-state index < -0.39 is 0 Å². The van der Waals surface area contributed by atoms with Gasteiger partial charge in [-0.3, -0.25) is 0 Å². The normalized spacial score (nSPS) is 11.0. The van der Waals surface area contributed by atoms with Gasteiger partial charge in [0.1, 0.15) is 4.99 Å². The molecule has 3 rings (SSSR count). The van der Waals surface area contributed by atoms with Gasteiger partial charge in [0.05, 0.1) is 22.1 Å². The molecule has 0 spiro atoms. The highest BCUT2D eigenvalue weighted by molar-refractivity contribution is 7.80. The zero-order valence-electron chi connectivity index (χ0n) is 11.7. The number of aromatic nitrogens is 2. The number of nitrogens with zero attached hydrogens (tertiary/aromatic N) is 2. The van der Waals surface area contributed by atoms with Crippen molar-refractivity contribution in [1.82, 2.24) is 9.78 Å². The fourth-order valence-electron chi connectivity index (χ4n) is 2.54. The largest absolute Gasteiger partial charge is 0.389 e. The second kappa shape index (κ2) is 5.13. The molecule has 0 aliphatic carbocycles. The predicted octanol–water partition coefficient (Wildman–Crippen LogP) is 3.93. The molecule has 21 heavy (non-hydrogen) atoms. The van der Waals surface area contributed by atoms with Crippen molar-refractivity contribution >= 4 is 39.6 Å². The van der Waals surface area contributed by atoms with Crippen LogP contribution in [-0.2, 0) is 0 Å². The Morgan fingerprint density at radius 1 is 1.14 bits per heavy atom. The lowest BCUT2D eigenvalue weighted by Gasteiger charge is -2.12. The monoisotopic (exact) mass is 315 g/mol. The molecular formula is C16H14ClN3S. The lowest BCUT2D eigenvalue weighted by molar-refractivity contribution is 0.839. The van der Waals surface area contributed by atoms with E-state index in [0.717, 1.165) is 33.4 Å². The summed E-state index contributed by atoms with van der Waals surface area (Å²) in [5, 5.41) is 7.28. The van der Waals surface area contributed by atoms with E-state index in [4.69, 9.17) is 29.6 Å². The predicted molar refractivity (Wildman–Crippen MR) is 91.4 cm³/mol. The van der Waals surface area contributed by atoms with E-state index in [1.807, 2.05) is 54.9 Å². The summed E-state index contributed by atoms with van der Waals surface area (Å²) in [7, 11) is 0. The molecule has 3 nitrogen and oxygen atoms in total. The molecule has 5 heteroatoms. The highest BCUT2D eigenvalue weighted by Gasteiger charge is 2.14. The van der Waals surface area contributed by atoms with Gasteiger partial charge in [-0.1, -0.05) is 48.1 Å². The van der Waals surface area contributed by atoms with Crippen molar-refractivity contribution in [3.63, 3.8) is 0 Å². The van der Waals surface area contributed by atoms with E-state index in [1.54, 1.807) is 0 Å². The molecule has 0 aliphatic heterocycles. The molecule has 1 aromatic heterocycles. The van der Waals surface area contributed by atoms with E-state index in [0.29, 0.717) is 10.0 Å². The van der Waals surface area contributed by atoms with Crippen molar-refractivity contribution < 1.29 is 0 Å². The summed E-state index contributed by atoms with van der Waals surface area (Å²) in [6.07, 6.45) is 0. The number of hydrogen-bond acceptors (Lipinski definition) is 2. The molecule has 0 bridgehead atoms. The number of thiocarbonyl (C=S) groups is 1. The molecule has 1 heterocycles. The van der Waals surface area contributed by atoms with Crippen molar-refractivity contribution in [2.45, 2.75) is 13.8 Å². The van der Waals surface area contributed by atoms with E-state index in [9.17, 15) is 0 Å². The topological polar surface area (TPSA) is 43.8 Å². The van der Waals surface area contributed by atoms with Gasteiger partial charge in [-0.25, -0.2) is 4.68 Å². The second-order valence-electron chi connectivity index (χ2n) is 4.94. The summed E-state index contributed by atoms with van der Waals surface area (Å²) >= 11 is 11.4. The Kier molecular flexibility index (Phi) is 3.43. The average molecular weight is 316 g/mol. The van der Waals surface area contributed by atoms with Gasteiger partial charge in [-0.15, -0.1) is 0 Å². The summed E-state index contributed by atoms with van der Waals surface area (Å²) in [6, 6.07) is 11.9. The van der Waals surface area contributed by atoms with Crippen LogP contribution >= 0.6 is 23.8 Å². The summed E-state index contributed by atoms with van der Waals surface area (Å²) < 4.78 is 1.86. The van der Waals surface area contributed by atoms with Crippen molar-refractivity contribution in [3.8, 4) is 5.69 Å². The average Bonchev–Trinajstić information content (AvgIpc) is 2.73. The van der Waals surface area contributed by atoms with Gasteiger partial charge in [-0.2, -0.15) is 5.10 Å². The molecule has 0 unspecified atom stereocenters. The minimum absolute atomic E-state index is 0.393. The number of aryl methyl sites for hydroxylation is 1. The van der Waals surface area contributed by atoms with Crippen LogP contribution in [0.5, 0.6) is 0 Å². The molecule has 0 saturated carbocycles. The van der Waals surface area contributed by atoms with Crippen LogP contribution in [0.3, 0.4) is 0 Å². The Morgan fingerprint density at radius 2 is 1.81 bits per heavy atom. The van der Waals surface area contributed by atoms with Gasteiger partial charge in [0, 0.05) is 10.9 Å². The fraction of sp³-hybridized carbons (Fsp3) is 0.125. The van der Waals surface area contributed by atoms with Gasteiger partial charge < -0.3 is 5.73 Å². The smallest absolute Gasteiger partial charge is 0.104 e. The number of benzene rings is 2. The van der Waals surface area contributed by atoms with Crippen molar-refractivity contribution in [2.24, 2.45) is 5.73 Å². The maximum atomic E-state index is 6.26. The first kappa shape index (κ1) is 14.0. The van der Waals surface area contributed by atoms with Gasteiger partial charge in [0.2, 0.25) is 0 Å². The summed E-state index contributed by atoms with van der Waals surface area (Å²) in [5.41, 5.74) is 9.39. The number of halogens is 1. The molecule has 2 N–H and O–H groups in total. The summed E-state index contributed by atoms with van der Waals surface area (Å²) in [6.45, 7) is 3.86. The minimum atomic E-state index is 0.393. The van der Waals surface area contributed by atoms with Crippen LogP contribution < -0.4 is 5.73 Å². The third-order valence-electron chi connectivity index (χ3n) is 3.60. The standard InChI is InChI=1S/C16H14ClN3S/c1-9-15(17)10(2)20(19-9)14-8-7-13(16(18)21)11-5-3-4-6-12(11)14/h3-8H,1-2H3,(H2,18,21). The third kappa shape index (κ3) is 2.20. The Bertz CT molecular complexity index is 867. The minimum Gasteiger partial charge on any atom is -0.389 e. The molecule has 0 aliphatic rings. The van der Waals surface area contributed by atoms with E-state index >= 15 is 0 Å². The molecule has 3 aromatic rings. The zero-order valence-corrected chi connectivity index (χ0v) is 13.3. The first-order chi connectivity index (χ1) is 10.0. The Labute approximate surface area is 133 Å². The number of nitrogens with two attached hydrogens (primary N) is 1. The molecular weight excluding hydrogens is 302 g/mol. The van der Waals surface area contributed by atoms with Crippen LogP contribution in [-0.4, -0.2) is 14.8 Å². The van der Waals surface area contributed by atoms with Crippen molar-refractivity contribution in [1.29, 1.82) is 0 Å². The van der Waals surface area contributed by atoms with Gasteiger partial charge in [0.25, 0.3) is 0 Å². The molecule has 0 atom stereocenters. The Morgan fingerprint density at radius 3 is 2.38 bits per heavy atom. The second-order valence-corrected chi connectivity index (χ2v) is 5.76. The van der Waals surface area contributed by atoms with Gasteiger partial charge in [-0.05, 0) is 31.4 Å².